The minimum atomic E-state index is 0.286. The van der Waals surface area contributed by atoms with Gasteiger partial charge in [0, 0.05) is 30.7 Å². The second kappa shape index (κ2) is 4.30. The first kappa shape index (κ1) is 12.4. The molecule has 1 aliphatic carbocycles. The van der Waals surface area contributed by atoms with E-state index in [1.54, 1.807) is 0 Å². The van der Waals surface area contributed by atoms with Crippen LogP contribution in [0.3, 0.4) is 0 Å². The van der Waals surface area contributed by atoms with Gasteiger partial charge in [-0.15, -0.1) is 0 Å². The maximum atomic E-state index is 3.69. The predicted octanol–water partition coefficient (Wildman–Crippen LogP) is 2.49. The summed E-state index contributed by atoms with van der Waals surface area (Å²) in [5, 5.41) is 3.69. The Morgan fingerprint density at radius 1 is 1.19 bits per heavy atom. The van der Waals surface area contributed by atoms with E-state index in [0.29, 0.717) is 0 Å². The Morgan fingerprint density at radius 3 is 2.31 bits per heavy atom. The summed E-state index contributed by atoms with van der Waals surface area (Å²) in [6, 6.07) is 1.51. The van der Waals surface area contributed by atoms with Gasteiger partial charge in [-0.2, -0.15) is 0 Å². The smallest absolute Gasteiger partial charge is 0.0253 e. The van der Waals surface area contributed by atoms with Gasteiger partial charge in [0.2, 0.25) is 0 Å². The van der Waals surface area contributed by atoms with Gasteiger partial charge in [0.05, 0.1) is 0 Å². The Morgan fingerprint density at radius 2 is 1.81 bits per heavy atom. The van der Waals surface area contributed by atoms with Gasteiger partial charge in [0.15, 0.2) is 0 Å². The lowest BCUT2D eigenvalue weighted by molar-refractivity contribution is 0.0301. The molecule has 2 atom stereocenters. The van der Waals surface area contributed by atoms with Gasteiger partial charge in [-0.1, -0.05) is 13.8 Å². The number of piperazine rings is 1. The molecule has 2 unspecified atom stereocenters. The molecular formula is C14H28N2. The number of nitrogens with zero attached hydrogens (tertiary/aromatic N) is 1. The number of rotatable bonds is 3. The second-order valence-corrected chi connectivity index (χ2v) is 6.83. The molecule has 1 N–H and O–H groups in total. The quantitative estimate of drug-likeness (QED) is 0.792. The molecular weight excluding hydrogens is 196 g/mol. The normalized spacial score (nSPS) is 33.0. The van der Waals surface area contributed by atoms with Crippen molar-refractivity contribution in [3.63, 3.8) is 0 Å². The third-order valence-corrected chi connectivity index (χ3v) is 4.39. The van der Waals surface area contributed by atoms with Crippen LogP contribution in [0.2, 0.25) is 0 Å². The molecule has 0 radical (unpaired) electrons. The monoisotopic (exact) mass is 224 g/mol. The Hall–Kier alpha value is -0.0800. The van der Waals surface area contributed by atoms with Crippen molar-refractivity contribution < 1.29 is 0 Å². The van der Waals surface area contributed by atoms with Crippen molar-refractivity contribution in [2.75, 3.05) is 13.1 Å². The van der Waals surface area contributed by atoms with E-state index < -0.39 is 0 Å². The van der Waals surface area contributed by atoms with Gasteiger partial charge in [0.25, 0.3) is 0 Å². The van der Waals surface area contributed by atoms with E-state index in [0.717, 1.165) is 30.5 Å². The van der Waals surface area contributed by atoms with Gasteiger partial charge in [-0.05, 0) is 45.4 Å². The summed E-state index contributed by atoms with van der Waals surface area (Å²) in [5.41, 5.74) is 0.286. The highest BCUT2D eigenvalue weighted by Crippen LogP contribution is 2.37. The molecule has 1 aliphatic heterocycles. The molecule has 1 saturated heterocycles. The molecule has 0 aromatic carbocycles. The van der Waals surface area contributed by atoms with E-state index in [1.807, 2.05) is 0 Å². The summed E-state index contributed by atoms with van der Waals surface area (Å²) in [7, 11) is 0. The van der Waals surface area contributed by atoms with Crippen molar-refractivity contribution in [2.24, 2.45) is 11.8 Å². The predicted molar refractivity (Wildman–Crippen MR) is 69.6 cm³/mol. The van der Waals surface area contributed by atoms with E-state index >= 15 is 0 Å². The maximum Gasteiger partial charge on any atom is 0.0253 e. The molecule has 0 aromatic rings. The highest BCUT2D eigenvalue weighted by Gasteiger charge is 2.41. The van der Waals surface area contributed by atoms with Crippen LogP contribution in [0.15, 0.2) is 0 Å². The lowest BCUT2D eigenvalue weighted by atomic mass is 9.91. The summed E-state index contributed by atoms with van der Waals surface area (Å²) < 4.78 is 0. The van der Waals surface area contributed by atoms with Crippen LogP contribution in [0.5, 0.6) is 0 Å². The molecule has 2 aliphatic rings. The van der Waals surface area contributed by atoms with E-state index in [1.165, 1.54) is 19.4 Å². The first-order valence-electron chi connectivity index (χ1n) is 6.91. The standard InChI is InChI=1S/C14H28N2/c1-10(2)13-8-15-14(4,5)9-16(13)11(3)12-6-7-12/h10-13,15H,6-9H2,1-5H3. The number of hydrogen-bond acceptors (Lipinski definition) is 2. The largest absolute Gasteiger partial charge is 0.309 e. The average molecular weight is 224 g/mol. The Labute approximate surface area is 101 Å². The van der Waals surface area contributed by atoms with Crippen LogP contribution in [0, 0.1) is 11.8 Å². The molecule has 94 valence electrons. The highest BCUT2D eigenvalue weighted by molar-refractivity contribution is 4.98. The van der Waals surface area contributed by atoms with Crippen molar-refractivity contribution in [1.29, 1.82) is 0 Å². The van der Waals surface area contributed by atoms with Gasteiger partial charge >= 0.3 is 0 Å². The molecule has 2 rings (SSSR count). The van der Waals surface area contributed by atoms with E-state index in [4.69, 9.17) is 0 Å². The zero-order chi connectivity index (χ0) is 11.9. The summed E-state index contributed by atoms with van der Waals surface area (Å²) in [6.07, 6.45) is 2.91. The summed E-state index contributed by atoms with van der Waals surface area (Å²) in [5.74, 6) is 1.74. The Balaban J connectivity index is 2.07. The molecule has 2 fully saturated rings. The van der Waals surface area contributed by atoms with Gasteiger partial charge < -0.3 is 5.32 Å². The SMILES string of the molecule is CC(C)C1CNC(C)(C)CN1C(C)C1CC1. The van der Waals surface area contributed by atoms with Crippen LogP contribution in [0.4, 0.5) is 0 Å². The van der Waals surface area contributed by atoms with Crippen molar-refractivity contribution in [3.05, 3.63) is 0 Å². The fraction of sp³-hybridized carbons (Fsp3) is 1.00. The third kappa shape index (κ3) is 2.60. The zero-order valence-corrected chi connectivity index (χ0v) is 11.6. The molecule has 2 nitrogen and oxygen atoms in total. The summed E-state index contributed by atoms with van der Waals surface area (Å²) in [4.78, 5) is 2.78. The molecule has 1 saturated carbocycles. The van der Waals surface area contributed by atoms with Crippen molar-refractivity contribution in [1.82, 2.24) is 10.2 Å². The molecule has 16 heavy (non-hydrogen) atoms. The van der Waals surface area contributed by atoms with Crippen LogP contribution in [-0.4, -0.2) is 35.6 Å². The van der Waals surface area contributed by atoms with E-state index in [9.17, 15) is 0 Å². The number of nitrogens with one attached hydrogen (secondary N) is 1. The van der Waals surface area contributed by atoms with Crippen molar-refractivity contribution in [2.45, 2.75) is 65.1 Å². The number of hydrogen-bond donors (Lipinski definition) is 1. The topological polar surface area (TPSA) is 15.3 Å². The minimum absolute atomic E-state index is 0.286. The molecule has 0 spiro atoms. The lowest BCUT2D eigenvalue weighted by Gasteiger charge is -2.49. The van der Waals surface area contributed by atoms with Crippen molar-refractivity contribution >= 4 is 0 Å². The molecule has 0 bridgehead atoms. The van der Waals surface area contributed by atoms with Crippen LogP contribution in [0.1, 0.15) is 47.5 Å². The van der Waals surface area contributed by atoms with Gasteiger partial charge in [-0.3, -0.25) is 4.90 Å². The molecule has 1 heterocycles. The summed E-state index contributed by atoms with van der Waals surface area (Å²) in [6.45, 7) is 14.2. The van der Waals surface area contributed by atoms with E-state index in [-0.39, 0.29) is 5.54 Å². The lowest BCUT2D eigenvalue weighted by Crippen LogP contribution is -2.65. The van der Waals surface area contributed by atoms with Crippen LogP contribution >= 0.6 is 0 Å². The Bertz CT molecular complexity index is 243. The fourth-order valence-corrected chi connectivity index (χ4v) is 3.04. The minimum Gasteiger partial charge on any atom is -0.309 e. The zero-order valence-electron chi connectivity index (χ0n) is 11.6. The van der Waals surface area contributed by atoms with Crippen LogP contribution in [0.25, 0.3) is 0 Å². The second-order valence-electron chi connectivity index (χ2n) is 6.83. The fourth-order valence-electron chi connectivity index (χ4n) is 3.04. The van der Waals surface area contributed by atoms with Crippen LogP contribution in [-0.2, 0) is 0 Å². The first-order valence-corrected chi connectivity index (χ1v) is 6.91. The molecule has 0 amide bonds. The molecule has 0 aromatic heterocycles. The third-order valence-electron chi connectivity index (χ3n) is 4.39. The summed E-state index contributed by atoms with van der Waals surface area (Å²) >= 11 is 0. The van der Waals surface area contributed by atoms with E-state index in [2.05, 4.69) is 44.8 Å². The molecule has 2 heteroatoms. The Kier molecular flexibility index (Phi) is 3.33. The van der Waals surface area contributed by atoms with Crippen molar-refractivity contribution in [3.8, 4) is 0 Å². The van der Waals surface area contributed by atoms with Gasteiger partial charge in [0.1, 0.15) is 0 Å². The average Bonchev–Trinajstić information content (AvgIpc) is 2.97. The highest BCUT2D eigenvalue weighted by atomic mass is 15.3. The van der Waals surface area contributed by atoms with Gasteiger partial charge in [-0.25, -0.2) is 0 Å². The first-order chi connectivity index (χ1) is 7.41. The van der Waals surface area contributed by atoms with Crippen LogP contribution < -0.4 is 5.32 Å². The maximum absolute atomic E-state index is 3.69.